The summed E-state index contributed by atoms with van der Waals surface area (Å²) in [5.74, 6) is 0.762. The number of thioether (sulfide) groups is 1. The van der Waals surface area contributed by atoms with Gasteiger partial charge in [0.15, 0.2) is 5.16 Å². The smallest absolute Gasteiger partial charge is 0.267 e. The molecule has 1 aliphatic carbocycles. The number of ether oxygens (including phenoxy) is 2. The molecule has 1 aliphatic heterocycles. The Morgan fingerprint density at radius 2 is 2.14 bits per heavy atom. The van der Waals surface area contributed by atoms with Crippen LogP contribution in [0.2, 0.25) is 0 Å². The fourth-order valence-corrected chi connectivity index (χ4v) is 6.22. The molecule has 0 saturated carbocycles. The van der Waals surface area contributed by atoms with Crippen LogP contribution >= 0.6 is 23.1 Å². The van der Waals surface area contributed by atoms with E-state index < -0.39 is 0 Å². The van der Waals surface area contributed by atoms with Crippen LogP contribution in [0.3, 0.4) is 0 Å². The molecule has 0 unspecified atom stereocenters. The number of aromatic nitrogens is 2. The van der Waals surface area contributed by atoms with Crippen LogP contribution in [-0.2, 0) is 22.3 Å². The molecule has 0 bridgehead atoms. The average Bonchev–Trinajstić information content (AvgIpc) is 3.29. The van der Waals surface area contributed by atoms with Gasteiger partial charge < -0.3 is 9.47 Å². The van der Waals surface area contributed by atoms with E-state index in [1.165, 1.54) is 16.0 Å². The SMILES string of the molecule is Cc1ccc(-n2c(SC[C@@H]3CCOCO3)nc3sc4c(c3c2=O)CCC4)cc1. The molecule has 7 heteroatoms. The summed E-state index contributed by atoms with van der Waals surface area (Å²) in [6.45, 7) is 3.12. The molecule has 2 aliphatic rings. The number of hydrogen-bond acceptors (Lipinski definition) is 6. The highest BCUT2D eigenvalue weighted by Crippen LogP contribution is 2.36. The summed E-state index contributed by atoms with van der Waals surface area (Å²) < 4.78 is 12.7. The monoisotopic (exact) mass is 414 g/mol. The lowest BCUT2D eigenvalue weighted by Gasteiger charge is -2.22. The molecular weight excluding hydrogens is 392 g/mol. The van der Waals surface area contributed by atoms with Gasteiger partial charge in [-0.15, -0.1) is 11.3 Å². The van der Waals surface area contributed by atoms with Gasteiger partial charge in [0.05, 0.1) is 23.8 Å². The van der Waals surface area contributed by atoms with Crippen molar-refractivity contribution in [2.45, 2.75) is 43.9 Å². The highest BCUT2D eigenvalue weighted by Gasteiger charge is 2.24. The fourth-order valence-electron chi connectivity index (χ4n) is 3.84. The first-order valence-corrected chi connectivity index (χ1v) is 11.5. The second kappa shape index (κ2) is 7.63. The van der Waals surface area contributed by atoms with E-state index in [0.717, 1.165) is 59.1 Å². The Hall–Kier alpha value is -1.67. The van der Waals surface area contributed by atoms with Gasteiger partial charge in [0.2, 0.25) is 0 Å². The summed E-state index contributed by atoms with van der Waals surface area (Å²) in [5.41, 5.74) is 3.33. The Kier molecular flexibility index (Phi) is 5.00. The van der Waals surface area contributed by atoms with Gasteiger partial charge in [0, 0.05) is 10.6 Å². The van der Waals surface area contributed by atoms with Crippen molar-refractivity contribution in [2.24, 2.45) is 0 Å². The van der Waals surface area contributed by atoms with Gasteiger partial charge in [-0.3, -0.25) is 9.36 Å². The van der Waals surface area contributed by atoms with Crippen LogP contribution < -0.4 is 5.56 Å². The highest BCUT2D eigenvalue weighted by atomic mass is 32.2. The molecule has 1 fully saturated rings. The average molecular weight is 415 g/mol. The molecule has 1 saturated heterocycles. The maximum absolute atomic E-state index is 13.6. The summed E-state index contributed by atoms with van der Waals surface area (Å²) in [6, 6.07) is 8.10. The minimum atomic E-state index is 0.0589. The molecule has 28 heavy (non-hydrogen) atoms. The summed E-state index contributed by atoms with van der Waals surface area (Å²) in [7, 11) is 0. The maximum Gasteiger partial charge on any atom is 0.267 e. The summed E-state index contributed by atoms with van der Waals surface area (Å²) in [5, 5.41) is 1.57. The van der Waals surface area contributed by atoms with Gasteiger partial charge in [-0.05, 0) is 50.3 Å². The topological polar surface area (TPSA) is 53.4 Å². The zero-order chi connectivity index (χ0) is 19.1. The Labute approximate surface area is 171 Å². The Morgan fingerprint density at radius 3 is 2.93 bits per heavy atom. The third kappa shape index (κ3) is 3.30. The van der Waals surface area contributed by atoms with E-state index in [1.54, 1.807) is 27.7 Å². The van der Waals surface area contributed by atoms with Crippen LogP contribution in [0.5, 0.6) is 0 Å². The van der Waals surface area contributed by atoms with Crippen LogP contribution in [0.1, 0.15) is 28.8 Å². The first-order chi connectivity index (χ1) is 13.7. The van der Waals surface area contributed by atoms with Gasteiger partial charge in [-0.2, -0.15) is 0 Å². The lowest BCUT2D eigenvalue weighted by molar-refractivity contribution is -0.130. The number of thiophene rings is 1. The van der Waals surface area contributed by atoms with Gasteiger partial charge in [-0.1, -0.05) is 29.5 Å². The largest absolute Gasteiger partial charge is 0.355 e. The van der Waals surface area contributed by atoms with Gasteiger partial charge in [-0.25, -0.2) is 4.98 Å². The fraction of sp³-hybridized carbons (Fsp3) is 0.429. The molecule has 1 atom stereocenters. The van der Waals surface area contributed by atoms with Crippen molar-refractivity contribution in [3.63, 3.8) is 0 Å². The van der Waals surface area contributed by atoms with Gasteiger partial charge >= 0.3 is 0 Å². The van der Waals surface area contributed by atoms with E-state index in [0.29, 0.717) is 6.79 Å². The quantitative estimate of drug-likeness (QED) is 0.475. The van der Waals surface area contributed by atoms with Crippen LogP contribution in [0.4, 0.5) is 0 Å². The Morgan fingerprint density at radius 1 is 1.29 bits per heavy atom. The molecule has 5 nitrogen and oxygen atoms in total. The molecule has 2 aromatic heterocycles. The van der Waals surface area contributed by atoms with Gasteiger partial charge in [0.25, 0.3) is 5.56 Å². The van der Waals surface area contributed by atoms with Crippen molar-refractivity contribution < 1.29 is 9.47 Å². The summed E-state index contributed by atoms with van der Waals surface area (Å²) in [4.78, 5) is 20.7. The molecule has 146 valence electrons. The van der Waals surface area contributed by atoms with E-state index in [9.17, 15) is 4.79 Å². The zero-order valence-electron chi connectivity index (χ0n) is 15.8. The van der Waals surface area contributed by atoms with E-state index in [2.05, 4.69) is 6.92 Å². The van der Waals surface area contributed by atoms with E-state index in [4.69, 9.17) is 14.5 Å². The molecule has 1 aromatic carbocycles. The second-order valence-corrected chi connectivity index (χ2v) is 9.39. The number of hydrogen-bond donors (Lipinski definition) is 0. The predicted molar refractivity (Wildman–Crippen MR) is 113 cm³/mol. The lowest BCUT2D eigenvalue weighted by Crippen LogP contribution is -2.27. The number of nitrogens with zero attached hydrogens (tertiary/aromatic N) is 2. The predicted octanol–water partition coefficient (Wildman–Crippen LogP) is 4.10. The van der Waals surface area contributed by atoms with Gasteiger partial charge in [0.1, 0.15) is 11.6 Å². The Bertz CT molecular complexity index is 1070. The molecule has 0 N–H and O–H groups in total. The van der Waals surface area contributed by atoms with Crippen molar-refractivity contribution >= 4 is 33.3 Å². The number of benzene rings is 1. The molecular formula is C21H22N2O3S2. The first kappa shape index (κ1) is 18.4. The molecule has 5 rings (SSSR count). The first-order valence-electron chi connectivity index (χ1n) is 9.67. The number of rotatable bonds is 4. The van der Waals surface area contributed by atoms with Crippen LogP contribution in [-0.4, -0.2) is 34.8 Å². The van der Waals surface area contributed by atoms with Crippen LogP contribution in [0.25, 0.3) is 15.9 Å². The zero-order valence-corrected chi connectivity index (χ0v) is 17.4. The van der Waals surface area contributed by atoms with Crippen molar-refractivity contribution in [3.05, 3.63) is 50.6 Å². The van der Waals surface area contributed by atoms with Crippen LogP contribution in [0.15, 0.2) is 34.2 Å². The number of aryl methyl sites for hydroxylation is 3. The molecule has 3 aromatic rings. The van der Waals surface area contributed by atoms with Crippen molar-refractivity contribution in [3.8, 4) is 5.69 Å². The van der Waals surface area contributed by atoms with Crippen molar-refractivity contribution in [1.82, 2.24) is 9.55 Å². The van der Waals surface area contributed by atoms with Crippen molar-refractivity contribution in [2.75, 3.05) is 19.2 Å². The normalized spacial score (nSPS) is 19.2. The van der Waals surface area contributed by atoms with E-state index in [1.807, 2.05) is 24.3 Å². The third-order valence-electron chi connectivity index (χ3n) is 5.37. The minimum Gasteiger partial charge on any atom is -0.355 e. The van der Waals surface area contributed by atoms with Crippen molar-refractivity contribution in [1.29, 1.82) is 0 Å². The van der Waals surface area contributed by atoms with Crippen LogP contribution in [0, 0.1) is 6.92 Å². The molecule has 0 amide bonds. The van der Waals surface area contributed by atoms with E-state index >= 15 is 0 Å². The number of fused-ring (bicyclic) bond motifs is 3. The molecule has 3 heterocycles. The lowest BCUT2D eigenvalue weighted by atomic mass is 10.2. The minimum absolute atomic E-state index is 0.0589. The molecule has 0 radical (unpaired) electrons. The third-order valence-corrected chi connectivity index (χ3v) is 7.63. The summed E-state index contributed by atoms with van der Waals surface area (Å²) in [6.07, 6.45) is 4.20. The summed E-state index contributed by atoms with van der Waals surface area (Å²) >= 11 is 3.29. The highest BCUT2D eigenvalue weighted by molar-refractivity contribution is 7.99. The second-order valence-electron chi connectivity index (χ2n) is 7.32. The maximum atomic E-state index is 13.6. The standard InChI is InChI=1S/C21H22N2O3S2/c1-13-5-7-14(8-6-13)23-20(24)18-16-3-2-4-17(16)28-19(18)22-21(23)27-11-15-9-10-25-12-26-15/h5-8,15H,2-4,9-12H2,1H3/t15-/m0/s1. The molecule has 0 spiro atoms. The van der Waals surface area contributed by atoms with E-state index in [-0.39, 0.29) is 11.7 Å². The Balaban J connectivity index is 1.61.